The molecule has 1 unspecified atom stereocenters. The lowest BCUT2D eigenvalue weighted by Crippen LogP contribution is -2.48. The normalized spacial score (nSPS) is 12.7. The molecule has 0 bridgehead atoms. The van der Waals surface area contributed by atoms with Crippen LogP contribution in [0.25, 0.3) is 0 Å². The molecule has 1 rings (SSSR count). The quantitative estimate of drug-likeness (QED) is 0.725. The topological polar surface area (TPSA) is 55.1 Å². The zero-order valence-electron chi connectivity index (χ0n) is 13.2. The van der Waals surface area contributed by atoms with E-state index in [1.165, 1.54) is 5.56 Å². The number of nitrogens with one attached hydrogen (secondary N) is 1. The van der Waals surface area contributed by atoms with Crippen LogP contribution in [0.2, 0.25) is 0 Å². The molecule has 3 nitrogen and oxygen atoms in total. The lowest BCUT2D eigenvalue weighted by Gasteiger charge is -2.28. The Morgan fingerprint density at radius 2 is 1.95 bits per heavy atom. The SMILES string of the molecule is CCCC(C(=O)NC(C)(C)CCc1ccccc1)C(N)=S. The van der Waals surface area contributed by atoms with E-state index in [0.717, 1.165) is 19.3 Å². The van der Waals surface area contributed by atoms with Gasteiger partial charge in [0.2, 0.25) is 5.91 Å². The van der Waals surface area contributed by atoms with Gasteiger partial charge in [0.1, 0.15) is 0 Å². The summed E-state index contributed by atoms with van der Waals surface area (Å²) in [5.41, 5.74) is 6.68. The molecule has 1 aromatic rings. The van der Waals surface area contributed by atoms with Gasteiger partial charge in [-0.2, -0.15) is 0 Å². The molecule has 21 heavy (non-hydrogen) atoms. The van der Waals surface area contributed by atoms with Crippen molar-refractivity contribution in [3.05, 3.63) is 35.9 Å². The van der Waals surface area contributed by atoms with Crippen molar-refractivity contribution >= 4 is 23.1 Å². The summed E-state index contributed by atoms with van der Waals surface area (Å²) < 4.78 is 0. The van der Waals surface area contributed by atoms with Crippen LogP contribution < -0.4 is 11.1 Å². The number of hydrogen-bond donors (Lipinski definition) is 2. The van der Waals surface area contributed by atoms with E-state index in [0.29, 0.717) is 6.42 Å². The number of carbonyl (C=O) groups excluding carboxylic acids is 1. The third-order valence-electron chi connectivity index (χ3n) is 3.58. The van der Waals surface area contributed by atoms with Crippen LogP contribution in [-0.4, -0.2) is 16.4 Å². The Morgan fingerprint density at radius 3 is 2.48 bits per heavy atom. The smallest absolute Gasteiger partial charge is 0.230 e. The van der Waals surface area contributed by atoms with E-state index < -0.39 is 0 Å². The highest BCUT2D eigenvalue weighted by atomic mass is 32.1. The summed E-state index contributed by atoms with van der Waals surface area (Å²) in [7, 11) is 0. The molecule has 1 atom stereocenters. The number of carbonyl (C=O) groups is 1. The van der Waals surface area contributed by atoms with Crippen molar-refractivity contribution in [1.29, 1.82) is 0 Å². The highest BCUT2D eigenvalue weighted by Crippen LogP contribution is 2.16. The minimum Gasteiger partial charge on any atom is -0.393 e. The van der Waals surface area contributed by atoms with Crippen molar-refractivity contribution in [1.82, 2.24) is 5.32 Å². The van der Waals surface area contributed by atoms with Crippen LogP contribution in [-0.2, 0) is 11.2 Å². The molecule has 0 aromatic heterocycles. The van der Waals surface area contributed by atoms with Crippen LogP contribution >= 0.6 is 12.2 Å². The summed E-state index contributed by atoms with van der Waals surface area (Å²) in [5, 5.41) is 3.09. The van der Waals surface area contributed by atoms with E-state index in [4.69, 9.17) is 18.0 Å². The molecule has 0 saturated heterocycles. The summed E-state index contributed by atoms with van der Waals surface area (Å²) in [6, 6.07) is 10.3. The van der Waals surface area contributed by atoms with Gasteiger partial charge in [-0.25, -0.2) is 0 Å². The van der Waals surface area contributed by atoms with E-state index in [1.807, 2.05) is 39.0 Å². The third-order valence-corrected chi connectivity index (χ3v) is 3.86. The molecule has 4 heteroatoms. The second-order valence-corrected chi connectivity index (χ2v) is 6.57. The fourth-order valence-corrected chi connectivity index (χ4v) is 2.50. The first-order valence-electron chi connectivity index (χ1n) is 7.51. The Bertz CT molecular complexity index is 471. The van der Waals surface area contributed by atoms with Gasteiger partial charge in [-0.3, -0.25) is 4.79 Å². The molecule has 0 heterocycles. The van der Waals surface area contributed by atoms with Crippen LogP contribution in [0.4, 0.5) is 0 Å². The van der Waals surface area contributed by atoms with Gasteiger partial charge in [0.05, 0.1) is 10.9 Å². The van der Waals surface area contributed by atoms with Crippen LogP contribution in [0, 0.1) is 5.92 Å². The maximum absolute atomic E-state index is 12.3. The predicted molar refractivity (Wildman–Crippen MR) is 92.2 cm³/mol. The standard InChI is InChI=1S/C17H26N2OS/c1-4-8-14(15(18)21)16(20)19-17(2,3)12-11-13-9-6-5-7-10-13/h5-7,9-10,14H,4,8,11-12H2,1-3H3,(H2,18,21)(H,19,20). The fourth-order valence-electron chi connectivity index (χ4n) is 2.28. The summed E-state index contributed by atoms with van der Waals surface area (Å²) >= 11 is 5.01. The Hall–Kier alpha value is -1.42. The van der Waals surface area contributed by atoms with Gasteiger partial charge in [-0.05, 0) is 38.7 Å². The molecule has 0 radical (unpaired) electrons. The third kappa shape index (κ3) is 6.25. The summed E-state index contributed by atoms with van der Waals surface area (Å²) in [4.78, 5) is 12.6. The van der Waals surface area contributed by atoms with Crippen molar-refractivity contribution in [2.75, 3.05) is 0 Å². The van der Waals surface area contributed by atoms with Gasteiger partial charge in [0.25, 0.3) is 0 Å². The Balaban J connectivity index is 2.58. The van der Waals surface area contributed by atoms with Gasteiger partial charge in [0.15, 0.2) is 0 Å². The first-order chi connectivity index (χ1) is 9.85. The summed E-state index contributed by atoms with van der Waals surface area (Å²) in [5.74, 6) is -0.414. The summed E-state index contributed by atoms with van der Waals surface area (Å²) in [6.07, 6.45) is 3.40. The van der Waals surface area contributed by atoms with Crippen molar-refractivity contribution in [3.8, 4) is 0 Å². The van der Waals surface area contributed by atoms with E-state index in [1.54, 1.807) is 0 Å². The number of amides is 1. The minimum atomic E-state index is -0.360. The zero-order chi connectivity index (χ0) is 15.9. The first-order valence-corrected chi connectivity index (χ1v) is 7.92. The van der Waals surface area contributed by atoms with Gasteiger partial charge >= 0.3 is 0 Å². The number of rotatable bonds is 8. The summed E-state index contributed by atoms with van der Waals surface area (Å²) in [6.45, 7) is 6.10. The highest BCUT2D eigenvalue weighted by molar-refractivity contribution is 7.80. The Morgan fingerprint density at radius 1 is 1.33 bits per heavy atom. The molecule has 116 valence electrons. The van der Waals surface area contributed by atoms with Crippen LogP contribution in [0.3, 0.4) is 0 Å². The fraction of sp³-hybridized carbons (Fsp3) is 0.529. The van der Waals surface area contributed by atoms with Gasteiger partial charge in [-0.15, -0.1) is 0 Å². The van der Waals surface area contributed by atoms with Crippen LogP contribution in [0.15, 0.2) is 30.3 Å². The number of benzene rings is 1. The minimum absolute atomic E-state index is 0.0533. The van der Waals surface area contributed by atoms with Crippen molar-refractivity contribution in [3.63, 3.8) is 0 Å². The number of thiocarbonyl (C=S) groups is 1. The second-order valence-electron chi connectivity index (χ2n) is 6.10. The van der Waals surface area contributed by atoms with E-state index in [2.05, 4.69) is 17.4 Å². The maximum Gasteiger partial charge on any atom is 0.230 e. The molecule has 0 aliphatic carbocycles. The first kappa shape index (κ1) is 17.6. The molecule has 0 spiro atoms. The second kappa shape index (κ2) is 8.13. The van der Waals surface area contributed by atoms with Gasteiger partial charge in [0, 0.05) is 5.54 Å². The lowest BCUT2D eigenvalue weighted by atomic mass is 9.93. The molecule has 0 aliphatic rings. The number of nitrogens with two attached hydrogens (primary N) is 1. The average Bonchev–Trinajstić information content (AvgIpc) is 2.43. The van der Waals surface area contributed by atoms with Gasteiger partial charge in [-0.1, -0.05) is 55.9 Å². The Labute approximate surface area is 133 Å². The lowest BCUT2D eigenvalue weighted by molar-refractivity contribution is -0.124. The highest BCUT2D eigenvalue weighted by Gasteiger charge is 2.26. The Kier molecular flexibility index (Phi) is 6.82. The van der Waals surface area contributed by atoms with E-state index in [9.17, 15) is 4.79 Å². The molecule has 3 N–H and O–H groups in total. The van der Waals surface area contributed by atoms with Crippen molar-refractivity contribution in [2.45, 2.75) is 52.0 Å². The number of aryl methyl sites for hydroxylation is 1. The van der Waals surface area contributed by atoms with Gasteiger partial charge < -0.3 is 11.1 Å². The molecule has 0 saturated carbocycles. The van der Waals surface area contributed by atoms with Crippen molar-refractivity contribution < 1.29 is 4.79 Å². The molecule has 1 aromatic carbocycles. The monoisotopic (exact) mass is 306 g/mol. The average molecular weight is 306 g/mol. The predicted octanol–water partition coefficient (Wildman–Crippen LogP) is 3.22. The van der Waals surface area contributed by atoms with Crippen LogP contribution in [0.1, 0.15) is 45.6 Å². The largest absolute Gasteiger partial charge is 0.393 e. The molecular weight excluding hydrogens is 280 g/mol. The zero-order valence-corrected chi connectivity index (χ0v) is 14.0. The number of hydrogen-bond acceptors (Lipinski definition) is 2. The molecular formula is C17H26N2OS. The molecule has 1 amide bonds. The molecule has 0 fully saturated rings. The van der Waals surface area contributed by atoms with E-state index in [-0.39, 0.29) is 22.4 Å². The van der Waals surface area contributed by atoms with E-state index >= 15 is 0 Å². The van der Waals surface area contributed by atoms with Crippen LogP contribution in [0.5, 0.6) is 0 Å². The van der Waals surface area contributed by atoms with Crippen molar-refractivity contribution in [2.24, 2.45) is 11.7 Å². The maximum atomic E-state index is 12.3. The molecule has 0 aliphatic heterocycles.